The lowest BCUT2D eigenvalue weighted by atomic mass is 10.2. The summed E-state index contributed by atoms with van der Waals surface area (Å²) in [5.74, 6) is -2.24. The maximum Gasteiger partial charge on any atom is 0.288 e. The quantitative estimate of drug-likeness (QED) is 0.237. The fourth-order valence-electron chi connectivity index (χ4n) is 2.54. The minimum absolute atomic E-state index is 0.0485. The maximum absolute atomic E-state index is 13.0. The molecule has 0 aliphatic rings. The first-order chi connectivity index (χ1) is 13.8. The van der Waals surface area contributed by atoms with Crippen LogP contribution >= 0.6 is 24.0 Å². The lowest BCUT2D eigenvalue weighted by Crippen LogP contribution is -2.26. The molecule has 7 nitrogen and oxygen atoms in total. The number of halogens is 2. The van der Waals surface area contributed by atoms with Gasteiger partial charge in [-0.3, -0.25) is 14.6 Å². The Morgan fingerprint density at radius 3 is 2.72 bits per heavy atom. The van der Waals surface area contributed by atoms with Crippen molar-refractivity contribution in [2.24, 2.45) is 10.8 Å². The Bertz CT molecular complexity index is 1130. The number of thiocarbonyl (C=S) groups is 1. The average molecular weight is 434 g/mol. The van der Waals surface area contributed by atoms with Gasteiger partial charge in [-0.15, -0.1) is 0 Å². The van der Waals surface area contributed by atoms with Crippen LogP contribution in [0, 0.1) is 6.92 Å². The SMILES string of the molecule is Cc1cccn2c(=O)c(/C=N/NC(N)=S)c(Nc3ccc(SC(F)F)cc3)nc12. The minimum Gasteiger partial charge on any atom is -0.375 e. The van der Waals surface area contributed by atoms with Crippen molar-refractivity contribution < 1.29 is 8.78 Å². The number of pyridine rings is 1. The van der Waals surface area contributed by atoms with Crippen LogP contribution in [-0.4, -0.2) is 26.5 Å². The van der Waals surface area contributed by atoms with Crippen molar-refractivity contribution in [2.45, 2.75) is 17.6 Å². The van der Waals surface area contributed by atoms with E-state index in [2.05, 4.69) is 20.8 Å². The van der Waals surface area contributed by atoms with Gasteiger partial charge in [-0.05, 0) is 55.0 Å². The number of thioether (sulfide) groups is 1. The van der Waals surface area contributed by atoms with E-state index in [0.29, 0.717) is 28.0 Å². The lowest BCUT2D eigenvalue weighted by molar-refractivity contribution is 0.252. The summed E-state index contributed by atoms with van der Waals surface area (Å²) >= 11 is 5.15. The number of aryl methyl sites for hydroxylation is 1. The van der Waals surface area contributed by atoms with Gasteiger partial charge >= 0.3 is 0 Å². The highest BCUT2D eigenvalue weighted by Gasteiger charge is 2.13. The van der Waals surface area contributed by atoms with Crippen LogP contribution in [0.4, 0.5) is 20.3 Å². The standard InChI is InChI=1S/C18H16F2N6OS2/c1-10-3-2-8-26-15(10)24-14(13(16(26)27)9-22-25-18(21)28)23-11-4-6-12(7-5-11)29-17(19)20/h2-9,17,23H,1H3,(H3,21,25,28)/b22-9+. The number of rotatable bonds is 6. The number of nitrogens with zero attached hydrogens (tertiary/aromatic N) is 3. The molecule has 3 rings (SSSR count). The Kier molecular flexibility index (Phi) is 6.39. The monoisotopic (exact) mass is 434 g/mol. The fourth-order valence-corrected chi connectivity index (χ4v) is 3.09. The molecular formula is C18H16F2N6OS2. The van der Waals surface area contributed by atoms with E-state index in [1.807, 2.05) is 13.0 Å². The van der Waals surface area contributed by atoms with Crippen molar-refractivity contribution in [3.05, 3.63) is 64.1 Å². The summed E-state index contributed by atoms with van der Waals surface area (Å²) in [7, 11) is 0. The number of hydrazone groups is 1. The Morgan fingerprint density at radius 2 is 2.07 bits per heavy atom. The predicted molar refractivity (Wildman–Crippen MR) is 115 cm³/mol. The largest absolute Gasteiger partial charge is 0.375 e. The van der Waals surface area contributed by atoms with Gasteiger partial charge in [0.15, 0.2) is 5.11 Å². The van der Waals surface area contributed by atoms with Crippen LogP contribution in [0.3, 0.4) is 0 Å². The summed E-state index contributed by atoms with van der Waals surface area (Å²) in [5.41, 5.74) is 9.43. The van der Waals surface area contributed by atoms with Crippen molar-refractivity contribution in [3.8, 4) is 0 Å². The van der Waals surface area contributed by atoms with Crippen molar-refractivity contribution in [1.29, 1.82) is 0 Å². The van der Waals surface area contributed by atoms with Gasteiger partial charge < -0.3 is 11.1 Å². The van der Waals surface area contributed by atoms with E-state index in [0.717, 1.165) is 5.56 Å². The molecule has 0 saturated carbocycles. The second-order valence-electron chi connectivity index (χ2n) is 5.83. The number of hydrogen-bond donors (Lipinski definition) is 3. The summed E-state index contributed by atoms with van der Waals surface area (Å²) < 4.78 is 26.4. The zero-order valence-electron chi connectivity index (χ0n) is 15.1. The van der Waals surface area contributed by atoms with E-state index in [-0.39, 0.29) is 22.1 Å². The molecule has 0 bridgehead atoms. The van der Waals surface area contributed by atoms with E-state index in [1.165, 1.54) is 10.6 Å². The Morgan fingerprint density at radius 1 is 1.34 bits per heavy atom. The molecule has 0 spiro atoms. The van der Waals surface area contributed by atoms with Crippen LogP contribution in [0.5, 0.6) is 0 Å². The molecule has 11 heteroatoms. The van der Waals surface area contributed by atoms with E-state index >= 15 is 0 Å². The number of nitrogens with two attached hydrogens (primary N) is 1. The molecule has 2 aromatic heterocycles. The van der Waals surface area contributed by atoms with Crippen molar-refractivity contribution >= 4 is 52.5 Å². The molecule has 1 aromatic carbocycles. The summed E-state index contributed by atoms with van der Waals surface area (Å²) in [5, 5.41) is 6.86. The topological polar surface area (TPSA) is 96.8 Å². The van der Waals surface area contributed by atoms with Crippen LogP contribution in [-0.2, 0) is 0 Å². The number of nitrogens with one attached hydrogen (secondary N) is 2. The number of aromatic nitrogens is 2. The van der Waals surface area contributed by atoms with Crippen LogP contribution in [0.1, 0.15) is 11.1 Å². The highest BCUT2D eigenvalue weighted by atomic mass is 32.2. The van der Waals surface area contributed by atoms with Gasteiger partial charge in [-0.2, -0.15) is 13.9 Å². The molecule has 0 atom stereocenters. The van der Waals surface area contributed by atoms with Crippen LogP contribution in [0.2, 0.25) is 0 Å². The van der Waals surface area contributed by atoms with Gasteiger partial charge in [-0.1, -0.05) is 17.8 Å². The normalized spacial score (nSPS) is 11.3. The molecule has 4 N–H and O–H groups in total. The smallest absolute Gasteiger partial charge is 0.288 e. The molecule has 29 heavy (non-hydrogen) atoms. The second kappa shape index (κ2) is 8.97. The third-order valence-corrected chi connectivity index (χ3v) is 4.61. The summed E-state index contributed by atoms with van der Waals surface area (Å²) in [6.07, 6.45) is 2.88. The summed E-state index contributed by atoms with van der Waals surface area (Å²) in [4.78, 5) is 17.9. The molecular weight excluding hydrogens is 418 g/mol. The van der Waals surface area contributed by atoms with E-state index in [1.54, 1.807) is 36.5 Å². The molecule has 3 aromatic rings. The van der Waals surface area contributed by atoms with Gasteiger partial charge in [0, 0.05) is 16.8 Å². The second-order valence-corrected chi connectivity index (χ2v) is 7.33. The van der Waals surface area contributed by atoms with Crippen LogP contribution < -0.4 is 22.0 Å². The van der Waals surface area contributed by atoms with E-state index < -0.39 is 5.76 Å². The first-order valence-corrected chi connectivity index (χ1v) is 9.56. The van der Waals surface area contributed by atoms with Crippen LogP contribution in [0.25, 0.3) is 5.65 Å². The molecule has 0 fully saturated rings. The molecule has 0 saturated heterocycles. The third kappa shape index (κ3) is 5.06. The molecule has 0 aliphatic heterocycles. The molecule has 0 unspecified atom stereocenters. The van der Waals surface area contributed by atoms with Crippen molar-refractivity contribution in [2.75, 3.05) is 5.32 Å². The number of benzene rings is 1. The number of anilines is 2. The van der Waals surface area contributed by atoms with E-state index in [9.17, 15) is 13.6 Å². The van der Waals surface area contributed by atoms with Gasteiger partial charge in [0.05, 0.1) is 6.21 Å². The Hall–Kier alpha value is -3.05. The minimum atomic E-state index is -2.50. The summed E-state index contributed by atoms with van der Waals surface area (Å²) in [6, 6.07) is 9.94. The van der Waals surface area contributed by atoms with E-state index in [4.69, 9.17) is 18.0 Å². The number of fused-ring (bicyclic) bond motifs is 1. The first kappa shape index (κ1) is 20.7. The molecule has 0 aliphatic carbocycles. The maximum atomic E-state index is 13.0. The third-order valence-electron chi connectivity index (χ3n) is 3.79. The summed E-state index contributed by atoms with van der Waals surface area (Å²) in [6.45, 7) is 1.84. The Balaban J connectivity index is 2.04. The number of hydrogen-bond acceptors (Lipinski definition) is 6. The first-order valence-electron chi connectivity index (χ1n) is 8.27. The molecule has 2 heterocycles. The van der Waals surface area contributed by atoms with Gasteiger partial charge in [0.2, 0.25) is 0 Å². The van der Waals surface area contributed by atoms with Gasteiger partial charge in [0.1, 0.15) is 17.0 Å². The predicted octanol–water partition coefficient (Wildman–Crippen LogP) is 3.23. The molecule has 150 valence electrons. The Labute approximate surface area is 174 Å². The van der Waals surface area contributed by atoms with Gasteiger partial charge in [-0.25, -0.2) is 4.98 Å². The van der Waals surface area contributed by atoms with Crippen LogP contribution in [0.15, 0.2) is 57.4 Å². The lowest BCUT2D eigenvalue weighted by Gasteiger charge is -2.12. The zero-order chi connectivity index (χ0) is 21.0. The van der Waals surface area contributed by atoms with Gasteiger partial charge in [0.25, 0.3) is 11.3 Å². The number of alkyl halides is 2. The highest BCUT2D eigenvalue weighted by molar-refractivity contribution is 7.99. The average Bonchev–Trinajstić information content (AvgIpc) is 2.66. The fraction of sp³-hybridized carbons (Fsp3) is 0.111. The molecule has 0 radical (unpaired) electrons. The van der Waals surface area contributed by atoms with Crippen molar-refractivity contribution in [3.63, 3.8) is 0 Å². The van der Waals surface area contributed by atoms with Crippen molar-refractivity contribution in [1.82, 2.24) is 14.8 Å². The zero-order valence-corrected chi connectivity index (χ0v) is 16.7. The molecule has 0 amide bonds. The highest BCUT2D eigenvalue weighted by Crippen LogP contribution is 2.27.